The van der Waals surface area contributed by atoms with Gasteiger partial charge in [0.25, 0.3) is 0 Å². The lowest BCUT2D eigenvalue weighted by atomic mass is 10.2. The SMILES string of the molecule is CC(c1nc(-c2cccc(O)c2)no1)N1CCNCC1. The molecule has 0 saturated carbocycles. The lowest BCUT2D eigenvalue weighted by molar-refractivity contribution is 0.154. The van der Waals surface area contributed by atoms with E-state index in [1.807, 2.05) is 6.07 Å². The first kappa shape index (κ1) is 13.1. The van der Waals surface area contributed by atoms with Crippen LogP contribution in [0.4, 0.5) is 0 Å². The van der Waals surface area contributed by atoms with Gasteiger partial charge in [-0.2, -0.15) is 4.98 Å². The van der Waals surface area contributed by atoms with Gasteiger partial charge in [-0.3, -0.25) is 4.90 Å². The molecule has 106 valence electrons. The molecule has 1 fully saturated rings. The van der Waals surface area contributed by atoms with Gasteiger partial charge in [0.2, 0.25) is 11.7 Å². The van der Waals surface area contributed by atoms with E-state index in [0.717, 1.165) is 31.7 Å². The lowest BCUT2D eigenvalue weighted by Crippen LogP contribution is -2.44. The zero-order valence-corrected chi connectivity index (χ0v) is 11.4. The summed E-state index contributed by atoms with van der Waals surface area (Å²) in [6.45, 7) is 6.00. The Morgan fingerprint density at radius 1 is 1.35 bits per heavy atom. The zero-order valence-electron chi connectivity index (χ0n) is 11.4. The summed E-state index contributed by atoms with van der Waals surface area (Å²) in [7, 11) is 0. The predicted molar refractivity (Wildman–Crippen MR) is 74.3 cm³/mol. The average molecular weight is 274 g/mol. The number of phenols is 1. The molecule has 6 nitrogen and oxygen atoms in total. The number of benzene rings is 1. The number of piperazine rings is 1. The minimum atomic E-state index is 0.107. The van der Waals surface area contributed by atoms with Crippen molar-refractivity contribution in [1.29, 1.82) is 0 Å². The third-order valence-corrected chi connectivity index (χ3v) is 3.60. The maximum absolute atomic E-state index is 9.49. The van der Waals surface area contributed by atoms with Gasteiger partial charge in [-0.1, -0.05) is 17.3 Å². The maximum atomic E-state index is 9.49. The van der Waals surface area contributed by atoms with Gasteiger partial charge in [-0.05, 0) is 19.1 Å². The molecular weight excluding hydrogens is 256 g/mol. The number of rotatable bonds is 3. The van der Waals surface area contributed by atoms with Crippen LogP contribution in [-0.4, -0.2) is 46.3 Å². The highest BCUT2D eigenvalue weighted by atomic mass is 16.5. The van der Waals surface area contributed by atoms with Gasteiger partial charge in [-0.15, -0.1) is 0 Å². The van der Waals surface area contributed by atoms with Crippen molar-refractivity contribution in [3.8, 4) is 17.1 Å². The van der Waals surface area contributed by atoms with E-state index in [2.05, 4.69) is 27.3 Å². The van der Waals surface area contributed by atoms with Gasteiger partial charge < -0.3 is 14.9 Å². The largest absolute Gasteiger partial charge is 0.508 e. The van der Waals surface area contributed by atoms with Crippen molar-refractivity contribution >= 4 is 0 Å². The highest BCUT2D eigenvalue weighted by Gasteiger charge is 2.23. The molecular formula is C14H18N4O2. The Kier molecular flexibility index (Phi) is 3.66. The van der Waals surface area contributed by atoms with Crippen LogP contribution in [0.3, 0.4) is 0 Å². The molecule has 6 heteroatoms. The predicted octanol–water partition coefficient (Wildman–Crippen LogP) is 1.41. The van der Waals surface area contributed by atoms with Crippen LogP contribution in [-0.2, 0) is 0 Å². The molecule has 1 saturated heterocycles. The summed E-state index contributed by atoms with van der Waals surface area (Å²) in [4.78, 5) is 6.76. The Morgan fingerprint density at radius 2 is 2.15 bits per heavy atom. The monoisotopic (exact) mass is 274 g/mol. The second-order valence-corrected chi connectivity index (χ2v) is 4.97. The van der Waals surface area contributed by atoms with E-state index in [1.165, 1.54) is 0 Å². The Morgan fingerprint density at radius 3 is 2.90 bits per heavy atom. The molecule has 1 aromatic carbocycles. The highest BCUT2D eigenvalue weighted by Crippen LogP contribution is 2.24. The van der Waals surface area contributed by atoms with Crippen LogP contribution in [0.2, 0.25) is 0 Å². The van der Waals surface area contributed by atoms with Gasteiger partial charge >= 0.3 is 0 Å². The van der Waals surface area contributed by atoms with Crippen molar-refractivity contribution in [2.24, 2.45) is 0 Å². The number of aromatic hydroxyl groups is 1. The van der Waals surface area contributed by atoms with Crippen molar-refractivity contribution in [2.45, 2.75) is 13.0 Å². The molecule has 2 aromatic rings. The average Bonchev–Trinajstić information content (AvgIpc) is 2.97. The van der Waals surface area contributed by atoms with Gasteiger partial charge in [0.1, 0.15) is 5.75 Å². The van der Waals surface area contributed by atoms with Crippen molar-refractivity contribution < 1.29 is 9.63 Å². The summed E-state index contributed by atoms with van der Waals surface area (Å²) in [5.41, 5.74) is 0.757. The number of hydrogen-bond acceptors (Lipinski definition) is 6. The molecule has 1 aliphatic heterocycles. The molecule has 0 radical (unpaired) electrons. The van der Waals surface area contributed by atoms with E-state index in [0.29, 0.717) is 11.7 Å². The zero-order chi connectivity index (χ0) is 13.9. The van der Waals surface area contributed by atoms with Crippen molar-refractivity contribution in [1.82, 2.24) is 20.4 Å². The fourth-order valence-corrected chi connectivity index (χ4v) is 2.39. The first-order valence-corrected chi connectivity index (χ1v) is 6.82. The molecule has 1 unspecified atom stereocenters. The molecule has 0 amide bonds. The third-order valence-electron chi connectivity index (χ3n) is 3.60. The van der Waals surface area contributed by atoms with Gasteiger partial charge in [0.05, 0.1) is 6.04 Å². The van der Waals surface area contributed by atoms with E-state index >= 15 is 0 Å². The second-order valence-electron chi connectivity index (χ2n) is 4.97. The minimum absolute atomic E-state index is 0.107. The molecule has 2 N–H and O–H groups in total. The van der Waals surface area contributed by atoms with Crippen molar-refractivity contribution in [3.63, 3.8) is 0 Å². The molecule has 3 rings (SSSR count). The van der Waals surface area contributed by atoms with Gasteiger partial charge in [0.15, 0.2) is 0 Å². The van der Waals surface area contributed by atoms with Crippen LogP contribution < -0.4 is 5.32 Å². The quantitative estimate of drug-likeness (QED) is 0.881. The molecule has 2 heterocycles. The van der Waals surface area contributed by atoms with Gasteiger partial charge in [0, 0.05) is 31.7 Å². The first-order chi connectivity index (χ1) is 9.74. The lowest BCUT2D eigenvalue weighted by Gasteiger charge is -2.30. The Labute approximate surface area is 117 Å². The highest BCUT2D eigenvalue weighted by molar-refractivity contribution is 5.56. The van der Waals surface area contributed by atoms with Crippen LogP contribution in [0.15, 0.2) is 28.8 Å². The molecule has 1 atom stereocenters. The maximum Gasteiger partial charge on any atom is 0.244 e. The summed E-state index contributed by atoms with van der Waals surface area (Å²) in [5, 5.41) is 16.8. The molecule has 20 heavy (non-hydrogen) atoms. The first-order valence-electron chi connectivity index (χ1n) is 6.82. The molecule has 0 aliphatic carbocycles. The van der Waals surface area contributed by atoms with E-state index in [9.17, 15) is 5.11 Å². The second kappa shape index (κ2) is 5.60. The Balaban J connectivity index is 1.79. The smallest absolute Gasteiger partial charge is 0.244 e. The topological polar surface area (TPSA) is 74.4 Å². The molecule has 1 aliphatic rings. The Bertz CT molecular complexity index is 578. The third kappa shape index (κ3) is 2.66. The van der Waals surface area contributed by atoms with Crippen LogP contribution >= 0.6 is 0 Å². The van der Waals surface area contributed by atoms with Crippen molar-refractivity contribution in [2.75, 3.05) is 26.2 Å². The number of nitrogens with one attached hydrogen (secondary N) is 1. The molecule has 1 aromatic heterocycles. The van der Waals surface area contributed by atoms with Crippen molar-refractivity contribution in [3.05, 3.63) is 30.2 Å². The van der Waals surface area contributed by atoms with Crippen LogP contribution in [0.1, 0.15) is 18.9 Å². The number of aromatic nitrogens is 2. The van der Waals surface area contributed by atoms with Crippen LogP contribution in [0, 0.1) is 0 Å². The number of phenolic OH excluding ortho intramolecular Hbond substituents is 1. The number of nitrogens with zero attached hydrogens (tertiary/aromatic N) is 3. The normalized spacial score (nSPS) is 18.1. The fourth-order valence-electron chi connectivity index (χ4n) is 2.39. The standard InChI is InChI=1S/C14H18N4O2/c1-10(18-7-5-15-6-8-18)14-16-13(17-20-14)11-3-2-4-12(19)9-11/h2-4,9-10,15,19H,5-8H2,1H3. The van der Waals surface area contributed by atoms with Crippen LogP contribution in [0.5, 0.6) is 5.75 Å². The van der Waals surface area contributed by atoms with E-state index in [1.54, 1.807) is 18.2 Å². The summed E-state index contributed by atoms with van der Waals surface area (Å²) >= 11 is 0. The number of hydrogen-bond donors (Lipinski definition) is 2. The fraction of sp³-hybridized carbons (Fsp3) is 0.429. The van der Waals surface area contributed by atoms with E-state index < -0.39 is 0 Å². The molecule has 0 spiro atoms. The summed E-state index contributed by atoms with van der Waals surface area (Å²) in [6.07, 6.45) is 0. The van der Waals surface area contributed by atoms with Crippen LogP contribution in [0.25, 0.3) is 11.4 Å². The summed E-state index contributed by atoms with van der Waals surface area (Å²) in [6, 6.07) is 6.97. The molecule has 0 bridgehead atoms. The van der Waals surface area contributed by atoms with E-state index in [-0.39, 0.29) is 11.8 Å². The minimum Gasteiger partial charge on any atom is -0.508 e. The van der Waals surface area contributed by atoms with E-state index in [4.69, 9.17) is 4.52 Å². The Hall–Kier alpha value is -1.92. The summed E-state index contributed by atoms with van der Waals surface area (Å²) in [5.74, 6) is 1.33. The van der Waals surface area contributed by atoms with Gasteiger partial charge in [-0.25, -0.2) is 0 Å². The summed E-state index contributed by atoms with van der Waals surface area (Å²) < 4.78 is 5.37.